The Kier molecular flexibility index (Phi) is 4.53. The maximum Gasteiger partial charge on any atom is 0.349 e. The molecule has 2 aromatic rings. The van der Waals surface area contributed by atoms with Gasteiger partial charge < -0.3 is 18.8 Å². The number of hydrogen-bond acceptors (Lipinski definition) is 5. The Balaban J connectivity index is 1.86. The summed E-state index contributed by atoms with van der Waals surface area (Å²) in [6.07, 6.45) is 5.69. The van der Waals surface area contributed by atoms with Crippen LogP contribution in [-0.2, 0) is 16.6 Å². The van der Waals surface area contributed by atoms with E-state index in [0.717, 1.165) is 22.7 Å². The summed E-state index contributed by atoms with van der Waals surface area (Å²) >= 11 is 0. The summed E-state index contributed by atoms with van der Waals surface area (Å²) < 4.78 is 18.7. The van der Waals surface area contributed by atoms with E-state index in [1.807, 2.05) is 36.0 Å². The minimum Gasteiger partial charge on any atom is -0.488 e. The lowest BCUT2D eigenvalue weighted by Gasteiger charge is -2.25. The zero-order valence-electron chi connectivity index (χ0n) is 14.9. The van der Waals surface area contributed by atoms with Crippen molar-refractivity contribution in [2.75, 3.05) is 13.2 Å². The summed E-state index contributed by atoms with van der Waals surface area (Å²) in [7, 11) is 1.94. The molecule has 1 aromatic carbocycles. The van der Waals surface area contributed by atoms with Crippen molar-refractivity contribution < 1.29 is 19.0 Å². The number of nitrogens with zero attached hydrogens (tertiary/aromatic N) is 2. The molecular formula is C19H22N2O4. The van der Waals surface area contributed by atoms with Crippen LogP contribution < -0.4 is 9.47 Å². The average Bonchev–Trinajstić information content (AvgIpc) is 3.00. The fraction of sp³-hybridized carbons (Fsp3) is 0.368. The molecule has 0 amide bonds. The highest BCUT2D eigenvalue weighted by Crippen LogP contribution is 2.33. The standard InChI is InChI=1S/C19H22N2O4/c1-5-23-18(22)19(2,3)25-15-6-7-16-13(11-15)10-14(12-24-16)17-20-8-9-21(17)4/h6-11H,5,12H2,1-4H3. The first kappa shape index (κ1) is 17.1. The molecule has 0 N–H and O–H groups in total. The number of fused-ring (bicyclic) bond motifs is 1. The second kappa shape index (κ2) is 6.63. The summed E-state index contributed by atoms with van der Waals surface area (Å²) in [4.78, 5) is 16.4. The summed E-state index contributed by atoms with van der Waals surface area (Å²) in [6, 6.07) is 5.50. The molecule has 1 aliphatic rings. The number of imidazole rings is 1. The highest BCUT2D eigenvalue weighted by molar-refractivity contribution is 5.84. The van der Waals surface area contributed by atoms with Gasteiger partial charge in [0.15, 0.2) is 5.60 Å². The topological polar surface area (TPSA) is 62.6 Å². The lowest BCUT2D eigenvalue weighted by molar-refractivity contribution is -0.158. The van der Waals surface area contributed by atoms with Crippen molar-refractivity contribution in [3.8, 4) is 11.5 Å². The monoisotopic (exact) mass is 342 g/mol. The summed E-state index contributed by atoms with van der Waals surface area (Å²) in [5.41, 5.74) is 0.814. The fourth-order valence-electron chi connectivity index (χ4n) is 2.66. The van der Waals surface area contributed by atoms with Gasteiger partial charge in [-0.2, -0.15) is 0 Å². The molecule has 1 aromatic heterocycles. The van der Waals surface area contributed by atoms with Crippen LogP contribution in [0.5, 0.6) is 11.5 Å². The van der Waals surface area contributed by atoms with Crippen molar-refractivity contribution in [2.24, 2.45) is 7.05 Å². The minimum absolute atomic E-state index is 0.319. The van der Waals surface area contributed by atoms with E-state index >= 15 is 0 Å². The van der Waals surface area contributed by atoms with E-state index in [0.29, 0.717) is 19.0 Å². The number of carbonyl (C=O) groups is 1. The van der Waals surface area contributed by atoms with Crippen LogP contribution >= 0.6 is 0 Å². The molecule has 1 aliphatic heterocycles. The predicted octanol–water partition coefficient (Wildman–Crippen LogP) is 3.07. The maximum absolute atomic E-state index is 12.0. The third-order valence-corrected chi connectivity index (χ3v) is 3.94. The number of aryl methyl sites for hydroxylation is 1. The van der Waals surface area contributed by atoms with Gasteiger partial charge >= 0.3 is 5.97 Å². The molecule has 0 saturated heterocycles. The Morgan fingerprint density at radius 2 is 2.20 bits per heavy atom. The molecule has 0 atom stereocenters. The summed E-state index contributed by atoms with van der Waals surface area (Å²) in [6.45, 7) is 5.94. The molecule has 0 spiro atoms. The number of rotatable bonds is 5. The average molecular weight is 342 g/mol. The van der Waals surface area contributed by atoms with Gasteiger partial charge in [0, 0.05) is 30.6 Å². The third kappa shape index (κ3) is 3.52. The van der Waals surface area contributed by atoms with Crippen molar-refractivity contribution >= 4 is 17.6 Å². The molecule has 6 heteroatoms. The normalized spacial score (nSPS) is 13.5. The summed E-state index contributed by atoms with van der Waals surface area (Å²) in [5, 5.41) is 0. The Morgan fingerprint density at radius 1 is 1.40 bits per heavy atom. The van der Waals surface area contributed by atoms with Gasteiger partial charge in [-0.15, -0.1) is 0 Å². The molecule has 2 heterocycles. The predicted molar refractivity (Wildman–Crippen MR) is 94.4 cm³/mol. The van der Waals surface area contributed by atoms with E-state index in [4.69, 9.17) is 14.2 Å². The van der Waals surface area contributed by atoms with Crippen molar-refractivity contribution in [1.29, 1.82) is 0 Å². The quantitative estimate of drug-likeness (QED) is 0.782. The van der Waals surface area contributed by atoms with Crippen LogP contribution in [0.1, 0.15) is 32.2 Å². The maximum atomic E-state index is 12.0. The molecule has 0 radical (unpaired) electrons. The molecular weight excluding hydrogens is 320 g/mol. The van der Waals surface area contributed by atoms with Crippen LogP contribution in [0.25, 0.3) is 11.6 Å². The van der Waals surface area contributed by atoms with Gasteiger partial charge in [-0.25, -0.2) is 9.78 Å². The number of aromatic nitrogens is 2. The Labute approximate surface area is 147 Å². The number of ether oxygens (including phenoxy) is 3. The second-order valence-electron chi connectivity index (χ2n) is 6.35. The minimum atomic E-state index is -1.06. The van der Waals surface area contributed by atoms with Gasteiger partial charge in [0.2, 0.25) is 0 Å². The number of carbonyl (C=O) groups excluding carboxylic acids is 1. The van der Waals surface area contributed by atoms with Gasteiger partial charge in [0.1, 0.15) is 23.9 Å². The molecule has 132 valence electrons. The molecule has 25 heavy (non-hydrogen) atoms. The van der Waals surface area contributed by atoms with Crippen molar-refractivity contribution in [3.63, 3.8) is 0 Å². The van der Waals surface area contributed by atoms with Crippen LogP contribution in [0.3, 0.4) is 0 Å². The van der Waals surface area contributed by atoms with Gasteiger partial charge in [0.25, 0.3) is 0 Å². The second-order valence-corrected chi connectivity index (χ2v) is 6.35. The first-order chi connectivity index (χ1) is 11.9. The Bertz CT molecular complexity index is 821. The fourth-order valence-corrected chi connectivity index (χ4v) is 2.66. The van der Waals surface area contributed by atoms with Crippen molar-refractivity contribution in [3.05, 3.63) is 42.0 Å². The van der Waals surface area contributed by atoms with E-state index in [-0.39, 0.29) is 0 Å². The number of hydrogen-bond donors (Lipinski definition) is 0. The van der Waals surface area contributed by atoms with Crippen molar-refractivity contribution in [1.82, 2.24) is 9.55 Å². The van der Waals surface area contributed by atoms with Crippen LogP contribution in [-0.4, -0.2) is 34.3 Å². The molecule has 0 saturated carbocycles. The number of benzene rings is 1. The molecule has 0 fully saturated rings. The van der Waals surface area contributed by atoms with Crippen LogP contribution in [0.4, 0.5) is 0 Å². The first-order valence-electron chi connectivity index (χ1n) is 8.22. The highest BCUT2D eigenvalue weighted by atomic mass is 16.6. The van der Waals surface area contributed by atoms with E-state index in [2.05, 4.69) is 4.98 Å². The number of esters is 1. The molecule has 0 aliphatic carbocycles. The van der Waals surface area contributed by atoms with E-state index in [9.17, 15) is 4.79 Å². The van der Waals surface area contributed by atoms with E-state index in [1.54, 1.807) is 33.0 Å². The molecule has 0 unspecified atom stereocenters. The van der Waals surface area contributed by atoms with Crippen molar-refractivity contribution in [2.45, 2.75) is 26.4 Å². The van der Waals surface area contributed by atoms with Crippen LogP contribution in [0, 0.1) is 0 Å². The van der Waals surface area contributed by atoms with Crippen LogP contribution in [0.15, 0.2) is 30.6 Å². The molecule has 0 bridgehead atoms. The largest absolute Gasteiger partial charge is 0.488 e. The SMILES string of the molecule is CCOC(=O)C(C)(C)Oc1ccc2c(c1)C=C(c1nccn1C)CO2. The highest BCUT2D eigenvalue weighted by Gasteiger charge is 2.32. The Hall–Kier alpha value is -2.76. The van der Waals surface area contributed by atoms with Crippen LogP contribution in [0.2, 0.25) is 0 Å². The lowest BCUT2D eigenvalue weighted by Crippen LogP contribution is -2.39. The van der Waals surface area contributed by atoms with Gasteiger partial charge in [-0.05, 0) is 45.0 Å². The smallest absolute Gasteiger partial charge is 0.349 e. The zero-order chi connectivity index (χ0) is 18.0. The molecule has 6 nitrogen and oxygen atoms in total. The lowest BCUT2D eigenvalue weighted by atomic mass is 10.1. The van der Waals surface area contributed by atoms with E-state index < -0.39 is 11.6 Å². The molecule has 3 rings (SSSR count). The van der Waals surface area contributed by atoms with Gasteiger partial charge in [-0.1, -0.05) is 0 Å². The first-order valence-corrected chi connectivity index (χ1v) is 8.22. The Morgan fingerprint density at radius 3 is 2.88 bits per heavy atom. The van der Waals surface area contributed by atoms with Gasteiger partial charge in [0.05, 0.1) is 6.61 Å². The zero-order valence-corrected chi connectivity index (χ0v) is 14.9. The summed E-state index contributed by atoms with van der Waals surface area (Å²) in [5.74, 6) is 1.83. The van der Waals surface area contributed by atoms with Gasteiger partial charge in [-0.3, -0.25) is 0 Å². The van der Waals surface area contributed by atoms with E-state index in [1.165, 1.54) is 0 Å². The third-order valence-electron chi connectivity index (χ3n) is 3.94.